The average Bonchev–Trinajstić information content (AvgIpc) is 2.62. The number of allylic oxidation sites excluding steroid dienone is 1. The van der Waals surface area contributed by atoms with Crippen LogP contribution in [0.3, 0.4) is 0 Å². The number of rotatable bonds is 5. The van der Waals surface area contributed by atoms with E-state index in [2.05, 4.69) is 21.4 Å². The van der Waals surface area contributed by atoms with E-state index in [0.29, 0.717) is 37.9 Å². The number of aryl methyl sites for hydroxylation is 1. The van der Waals surface area contributed by atoms with Gasteiger partial charge in [-0.25, -0.2) is 9.97 Å². The van der Waals surface area contributed by atoms with E-state index in [-0.39, 0.29) is 5.91 Å². The second-order valence-corrected chi connectivity index (χ2v) is 6.41. The molecule has 0 bridgehead atoms. The van der Waals surface area contributed by atoms with E-state index < -0.39 is 0 Å². The summed E-state index contributed by atoms with van der Waals surface area (Å²) in [5.41, 5.74) is 2.79. The highest BCUT2D eigenvalue weighted by Gasteiger charge is 2.20. The van der Waals surface area contributed by atoms with Crippen LogP contribution in [0.1, 0.15) is 48.3 Å². The van der Waals surface area contributed by atoms with E-state index >= 15 is 0 Å². The Kier molecular flexibility index (Phi) is 5.80. The summed E-state index contributed by atoms with van der Waals surface area (Å²) < 4.78 is 5.30. The molecule has 1 N–H and O–H groups in total. The van der Waals surface area contributed by atoms with E-state index in [0.717, 1.165) is 18.7 Å². The first-order chi connectivity index (χ1) is 11.7. The Morgan fingerprint density at radius 3 is 2.88 bits per heavy atom. The Hall–Kier alpha value is -1.95. The van der Waals surface area contributed by atoms with Crippen molar-refractivity contribution in [1.82, 2.24) is 14.9 Å². The van der Waals surface area contributed by atoms with Gasteiger partial charge in [0, 0.05) is 25.3 Å². The Balaban J connectivity index is 1.60. The van der Waals surface area contributed by atoms with Crippen LogP contribution in [-0.4, -0.2) is 53.6 Å². The van der Waals surface area contributed by atoms with Gasteiger partial charge in [0.1, 0.15) is 5.69 Å². The predicted molar refractivity (Wildman–Crippen MR) is 93.1 cm³/mol. The minimum atomic E-state index is -0.0400. The minimum absolute atomic E-state index is 0.0400. The smallest absolute Gasteiger partial charge is 0.272 e. The molecule has 1 saturated heterocycles. The summed E-state index contributed by atoms with van der Waals surface area (Å²) in [6.45, 7) is 5.14. The lowest BCUT2D eigenvalue weighted by molar-refractivity contribution is 0.0299. The molecule has 6 nitrogen and oxygen atoms in total. The summed E-state index contributed by atoms with van der Waals surface area (Å²) in [5, 5.41) is 3.27. The zero-order valence-corrected chi connectivity index (χ0v) is 14.4. The molecule has 1 amide bonds. The third kappa shape index (κ3) is 4.54. The first kappa shape index (κ1) is 16.9. The Labute approximate surface area is 143 Å². The first-order valence-corrected chi connectivity index (χ1v) is 8.87. The quantitative estimate of drug-likeness (QED) is 0.841. The van der Waals surface area contributed by atoms with Crippen LogP contribution in [0.15, 0.2) is 17.7 Å². The Bertz CT molecular complexity index is 609. The van der Waals surface area contributed by atoms with E-state index in [1.54, 1.807) is 11.0 Å². The SMILES string of the molecule is Cc1cc(C(=O)N2CCOCC2)nc(NCCC2=CCCCC2)n1. The fourth-order valence-electron chi connectivity index (χ4n) is 3.15. The molecule has 2 heterocycles. The van der Waals surface area contributed by atoms with Gasteiger partial charge in [0.15, 0.2) is 0 Å². The van der Waals surface area contributed by atoms with Crippen molar-refractivity contribution in [2.75, 3.05) is 38.2 Å². The van der Waals surface area contributed by atoms with Gasteiger partial charge in [0.2, 0.25) is 5.95 Å². The maximum absolute atomic E-state index is 12.6. The van der Waals surface area contributed by atoms with Gasteiger partial charge in [-0.2, -0.15) is 0 Å². The van der Waals surface area contributed by atoms with Crippen LogP contribution in [0.4, 0.5) is 5.95 Å². The monoisotopic (exact) mass is 330 g/mol. The average molecular weight is 330 g/mol. The summed E-state index contributed by atoms with van der Waals surface area (Å²) in [7, 11) is 0. The maximum atomic E-state index is 12.6. The highest BCUT2D eigenvalue weighted by atomic mass is 16.5. The number of hydrogen-bond acceptors (Lipinski definition) is 5. The molecule has 24 heavy (non-hydrogen) atoms. The number of carbonyl (C=O) groups excluding carboxylic acids is 1. The van der Waals surface area contributed by atoms with Crippen molar-refractivity contribution in [1.29, 1.82) is 0 Å². The number of nitrogens with one attached hydrogen (secondary N) is 1. The van der Waals surface area contributed by atoms with E-state index in [1.165, 1.54) is 31.3 Å². The topological polar surface area (TPSA) is 67.4 Å². The van der Waals surface area contributed by atoms with Crippen LogP contribution in [0.25, 0.3) is 0 Å². The third-order valence-electron chi connectivity index (χ3n) is 4.49. The molecule has 130 valence electrons. The Morgan fingerprint density at radius 2 is 2.12 bits per heavy atom. The molecule has 1 aliphatic carbocycles. The fraction of sp³-hybridized carbons (Fsp3) is 0.611. The highest BCUT2D eigenvalue weighted by Crippen LogP contribution is 2.20. The largest absolute Gasteiger partial charge is 0.378 e. The van der Waals surface area contributed by atoms with Gasteiger partial charge in [0.25, 0.3) is 5.91 Å². The maximum Gasteiger partial charge on any atom is 0.272 e. The van der Waals surface area contributed by atoms with E-state index in [4.69, 9.17) is 4.74 Å². The molecule has 1 fully saturated rings. The van der Waals surface area contributed by atoms with Gasteiger partial charge in [-0.1, -0.05) is 11.6 Å². The molecule has 0 unspecified atom stereocenters. The lowest BCUT2D eigenvalue weighted by Gasteiger charge is -2.26. The number of amides is 1. The number of anilines is 1. The van der Waals surface area contributed by atoms with Gasteiger partial charge in [0.05, 0.1) is 13.2 Å². The number of hydrogen-bond donors (Lipinski definition) is 1. The van der Waals surface area contributed by atoms with Crippen molar-refractivity contribution < 1.29 is 9.53 Å². The second kappa shape index (κ2) is 8.24. The molecule has 0 radical (unpaired) electrons. The number of aromatic nitrogens is 2. The number of ether oxygens (including phenoxy) is 1. The molecule has 6 heteroatoms. The number of carbonyl (C=O) groups is 1. The fourth-order valence-corrected chi connectivity index (χ4v) is 3.15. The van der Waals surface area contributed by atoms with E-state index in [9.17, 15) is 4.79 Å². The van der Waals surface area contributed by atoms with Crippen molar-refractivity contribution in [2.45, 2.75) is 39.0 Å². The Morgan fingerprint density at radius 1 is 1.29 bits per heavy atom. The lowest BCUT2D eigenvalue weighted by Crippen LogP contribution is -2.41. The standard InChI is InChI=1S/C18H26N4O2/c1-14-13-16(17(23)22-9-11-24-12-10-22)21-18(20-14)19-8-7-15-5-3-2-4-6-15/h5,13H,2-4,6-12H2,1H3,(H,19,20,21). The zero-order chi connectivity index (χ0) is 16.8. The molecule has 1 aromatic heterocycles. The van der Waals surface area contributed by atoms with Crippen LogP contribution in [-0.2, 0) is 4.74 Å². The summed E-state index contributed by atoms with van der Waals surface area (Å²) >= 11 is 0. The van der Waals surface area contributed by atoms with Crippen molar-refractivity contribution in [2.24, 2.45) is 0 Å². The van der Waals surface area contributed by atoms with Crippen molar-refractivity contribution >= 4 is 11.9 Å². The van der Waals surface area contributed by atoms with Gasteiger partial charge in [-0.3, -0.25) is 4.79 Å². The van der Waals surface area contributed by atoms with Gasteiger partial charge in [-0.15, -0.1) is 0 Å². The molecule has 0 saturated carbocycles. The van der Waals surface area contributed by atoms with Crippen LogP contribution in [0.5, 0.6) is 0 Å². The zero-order valence-electron chi connectivity index (χ0n) is 14.4. The molecule has 0 spiro atoms. The lowest BCUT2D eigenvalue weighted by atomic mass is 9.97. The highest BCUT2D eigenvalue weighted by molar-refractivity contribution is 5.92. The van der Waals surface area contributed by atoms with Gasteiger partial charge >= 0.3 is 0 Å². The van der Waals surface area contributed by atoms with Crippen molar-refractivity contribution in [3.05, 3.63) is 29.1 Å². The predicted octanol–water partition coefficient (Wildman–Crippen LogP) is 2.56. The van der Waals surface area contributed by atoms with Crippen molar-refractivity contribution in [3.8, 4) is 0 Å². The molecule has 0 atom stereocenters. The van der Waals surface area contributed by atoms with Crippen LogP contribution >= 0.6 is 0 Å². The third-order valence-corrected chi connectivity index (χ3v) is 4.49. The second-order valence-electron chi connectivity index (χ2n) is 6.41. The van der Waals surface area contributed by atoms with Crippen LogP contribution in [0.2, 0.25) is 0 Å². The number of nitrogens with zero attached hydrogens (tertiary/aromatic N) is 3. The molecule has 1 aliphatic heterocycles. The van der Waals surface area contributed by atoms with Crippen molar-refractivity contribution in [3.63, 3.8) is 0 Å². The summed E-state index contributed by atoms with van der Waals surface area (Å²) in [6, 6.07) is 1.76. The van der Waals surface area contributed by atoms with Crippen LogP contribution < -0.4 is 5.32 Å². The summed E-state index contributed by atoms with van der Waals surface area (Å²) in [6.07, 6.45) is 8.39. The summed E-state index contributed by atoms with van der Waals surface area (Å²) in [4.78, 5) is 23.2. The molecule has 2 aliphatic rings. The molecule has 3 rings (SSSR count). The minimum Gasteiger partial charge on any atom is -0.378 e. The molecule has 0 aromatic carbocycles. The number of morpholine rings is 1. The van der Waals surface area contributed by atoms with Gasteiger partial charge in [-0.05, 0) is 45.1 Å². The summed E-state index contributed by atoms with van der Waals surface area (Å²) in [5.74, 6) is 0.504. The molecular formula is C18H26N4O2. The van der Waals surface area contributed by atoms with E-state index in [1.807, 2.05) is 6.92 Å². The van der Waals surface area contributed by atoms with Crippen LogP contribution in [0, 0.1) is 6.92 Å². The molecule has 1 aromatic rings. The first-order valence-electron chi connectivity index (χ1n) is 8.87. The normalized spacial score (nSPS) is 18.2. The van der Waals surface area contributed by atoms with Gasteiger partial charge < -0.3 is 15.0 Å². The molecular weight excluding hydrogens is 304 g/mol.